The second-order valence-corrected chi connectivity index (χ2v) is 9.69. The van der Waals surface area contributed by atoms with Gasteiger partial charge in [0, 0.05) is 20.6 Å². The lowest BCUT2D eigenvalue weighted by Crippen LogP contribution is -2.34. The van der Waals surface area contributed by atoms with Crippen molar-refractivity contribution in [3.63, 3.8) is 0 Å². The average molecular weight is 592 g/mol. The van der Waals surface area contributed by atoms with E-state index in [1.54, 1.807) is 6.07 Å². The number of fused-ring (bicyclic) bond motifs is 1. The Balaban J connectivity index is 1.64. The molecule has 1 aromatic heterocycles. The highest BCUT2D eigenvalue weighted by atomic mass is 79.9. The van der Waals surface area contributed by atoms with Gasteiger partial charge in [0.15, 0.2) is 5.11 Å². The number of halogens is 2. The smallest absolute Gasteiger partial charge is 0.282 e. The molecule has 0 atom stereocenters. The number of anilines is 1. The fraction of sp³-hybridized carbons (Fsp3) is 0. The van der Waals surface area contributed by atoms with Crippen LogP contribution < -0.4 is 10.6 Å². The van der Waals surface area contributed by atoms with Crippen LogP contribution in [0.15, 0.2) is 69.6 Å². The number of hydrogen-bond acceptors (Lipinski definition) is 6. The van der Waals surface area contributed by atoms with E-state index in [1.807, 2.05) is 36.4 Å². The molecule has 4 rings (SSSR count). The highest BCUT2D eigenvalue weighted by Crippen LogP contribution is 2.40. The maximum absolute atomic E-state index is 12.6. The topological polar surface area (TPSA) is 97.2 Å². The molecule has 4 aromatic rings. The van der Waals surface area contributed by atoms with Gasteiger partial charge in [0.05, 0.1) is 20.8 Å². The van der Waals surface area contributed by atoms with Gasteiger partial charge in [-0.25, -0.2) is 4.98 Å². The standard InChI is InChI=1S/C21H12Br2N4O3S2/c22-11-9-13(20-24-15-6-2-4-8-17(15)32-20)18(14(23)10-11)25-21(31)26-19(28)12-5-1-3-7-16(12)27(29)30/h1-10H,(H2,25,26,28,31). The number of thiazole rings is 1. The Morgan fingerprint density at radius 1 is 1.09 bits per heavy atom. The van der Waals surface area contributed by atoms with Crippen LogP contribution in [-0.2, 0) is 0 Å². The first-order valence-corrected chi connectivity index (χ1v) is 11.9. The monoisotopic (exact) mass is 590 g/mol. The average Bonchev–Trinajstić information content (AvgIpc) is 3.19. The summed E-state index contributed by atoms with van der Waals surface area (Å²) in [6, 6.07) is 17.2. The number of hydrogen-bond donors (Lipinski definition) is 2. The van der Waals surface area contributed by atoms with Crippen LogP contribution in [0.4, 0.5) is 11.4 Å². The van der Waals surface area contributed by atoms with Crippen LogP contribution >= 0.6 is 55.4 Å². The van der Waals surface area contributed by atoms with Gasteiger partial charge in [-0.2, -0.15) is 0 Å². The van der Waals surface area contributed by atoms with E-state index < -0.39 is 10.8 Å². The number of nitrogens with zero attached hydrogens (tertiary/aromatic N) is 2. The zero-order chi connectivity index (χ0) is 22.8. The maximum atomic E-state index is 12.6. The van der Waals surface area contributed by atoms with Crippen molar-refractivity contribution in [2.75, 3.05) is 5.32 Å². The van der Waals surface area contributed by atoms with E-state index >= 15 is 0 Å². The molecule has 0 fully saturated rings. The number of para-hydroxylation sites is 2. The molecule has 0 aliphatic carbocycles. The van der Waals surface area contributed by atoms with Crippen molar-refractivity contribution in [1.82, 2.24) is 10.3 Å². The zero-order valence-corrected chi connectivity index (χ0v) is 20.8. The van der Waals surface area contributed by atoms with E-state index in [1.165, 1.54) is 29.5 Å². The minimum absolute atomic E-state index is 0.00136. The number of carbonyl (C=O) groups excluding carboxylic acids is 1. The molecular weight excluding hydrogens is 580 g/mol. The lowest BCUT2D eigenvalue weighted by Gasteiger charge is -2.15. The molecule has 1 heterocycles. The number of amides is 1. The van der Waals surface area contributed by atoms with Gasteiger partial charge >= 0.3 is 0 Å². The Hall–Kier alpha value is -2.73. The number of nitro benzene ring substituents is 1. The Morgan fingerprint density at radius 2 is 1.81 bits per heavy atom. The van der Waals surface area contributed by atoms with Crippen molar-refractivity contribution in [3.05, 3.63) is 85.3 Å². The molecule has 1 amide bonds. The Bertz CT molecular complexity index is 1360. The third kappa shape index (κ3) is 4.70. The second kappa shape index (κ2) is 9.41. The summed E-state index contributed by atoms with van der Waals surface area (Å²) in [4.78, 5) is 27.9. The van der Waals surface area contributed by atoms with E-state index in [2.05, 4.69) is 42.5 Å². The number of carbonyl (C=O) groups is 1. The third-order valence-corrected chi connectivity index (χ3v) is 6.75. The van der Waals surface area contributed by atoms with E-state index in [0.717, 1.165) is 25.3 Å². The van der Waals surface area contributed by atoms with Crippen molar-refractivity contribution in [2.24, 2.45) is 0 Å². The molecular formula is C21H12Br2N4O3S2. The zero-order valence-electron chi connectivity index (χ0n) is 16.0. The van der Waals surface area contributed by atoms with Crippen molar-refractivity contribution < 1.29 is 9.72 Å². The molecule has 0 saturated carbocycles. The van der Waals surface area contributed by atoms with Crippen molar-refractivity contribution in [2.45, 2.75) is 0 Å². The molecule has 0 unspecified atom stereocenters. The van der Waals surface area contributed by atoms with E-state index in [0.29, 0.717) is 10.2 Å². The molecule has 0 saturated heterocycles. The molecule has 0 spiro atoms. The SMILES string of the molecule is O=C(NC(=S)Nc1c(Br)cc(Br)cc1-c1nc2ccccc2s1)c1ccccc1[N+](=O)[O-]. The first-order valence-electron chi connectivity index (χ1n) is 9.04. The van der Waals surface area contributed by atoms with Crippen LogP contribution in [0.2, 0.25) is 0 Å². The summed E-state index contributed by atoms with van der Waals surface area (Å²) in [5, 5.41) is 17.5. The molecule has 32 heavy (non-hydrogen) atoms. The lowest BCUT2D eigenvalue weighted by molar-refractivity contribution is -0.385. The number of nitrogens with one attached hydrogen (secondary N) is 2. The van der Waals surface area contributed by atoms with Crippen LogP contribution in [0.25, 0.3) is 20.8 Å². The highest BCUT2D eigenvalue weighted by molar-refractivity contribution is 9.11. The summed E-state index contributed by atoms with van der Waals surface area (Å²) in [6.45, 7) is 0. The van der Waals surface area contributed by atoms with Crippen molar-refractivity contribution in [1.29, 1.82) is 0 Å². The van der Waals surface area contributed by atoms with E-state index in [9.17, 15) is 14.9 Å². The summed E-state index contributed by atoms with van der Waals surface area (Å²) >= 11 is 13.9. The van der Waals surface area contributed by atoms with Crippen molar-refractivity contribution >= 4 is 88.0 Å². The Morgan fingerprint density at radius 3 is 2.56 bits per heavy atom. The fourth-order valence-electron chi connectivity index (χ4n) is 3.00. The number of thiocarbonyl (C=S) groups is 1. The van der Waals surface area contributed by atoms with Gasteiger partial charge in [-0.05, 0) is 58.5 Å². The van der Waals surface area contributed by atoms with E-state index in [4.69, 9.17) is 17.2 Å². The van der Waals surface area contributed by atoms with Crippen LogP contribution in [0.5, 0.6) is 0 Å². The summed E-state index contributed by atoms with van der Waals surface area (Å²) in [5.74, 6) is -0.676. The first-order chi connectivity index (χ1) is 15.3. The van der Waals surface area contributed by atoms with Gasteiger partial charge in [0.2, 0.25) is 0 Å². The van der Waals surface area contributed by atoms with Gasteiger partial charge in [-0.1, -0.05) is 40.2 Å². The number of nitro groups is 1. The van der Waals surface area contributed by atoms with Crippen LogP contribution in [-0.4, -0.2) is 20.9 Å². The molecule has 2 N–H and O–H groups in total. The van der Waals surface area contributed by atoms with Gasteiger partial charge < -0.3 is 5.32 Å². The first kappa shape index (κ1) is 22.5. The molecule has 7 nitrogen and oxygen atoms in total. The van der Waals surface area contributed by atoms with Gasteiger partial charge in [0.25, 0.3) is 11.6 Å². The summed E-state index contributed by atoms with van der Waals surface area (Å²) < 4.78 is 2.57. The van der Waals surface area contributed by atoms with Crippen LogP contribution in [0.1, 0.15) is 10.4 Å². The largest absolute Gasteiger partial charge is 0.331 e. The maximum Gasteiger partial charge on any atom is 0.282 e. The summed E-state index contributed by atoms with van der Waals surface area (Å²) in [6.07, 6.45) is 0. The molecule has 0 bridgehead atoms. The third-order valence-electron chi connectivity index (χ3n) is 4.39. The Kier molecular flexibility index (Phi) is 6.60. The fourth-order valence-corrected chi connectivity index (χ4v) is 5.50. The van der Waals surface area contributed by atoms with Gasteiger partial charge in [0.1, 0.15) is 10.6 Å². The summed E-state index contributed by atoms with van der Waals surface area (Å²) in [5.41, 5.74) is 1.88. The molecule has 0 radical (unpaired) electrons. The van der Waals surface area contributed by atoms with Gasteiger partial charge in [-0.15, -0.1) is 11.3 Å². The minimum atomic E-state index is -0.676. The van der Waals surface area contributed by atoms with E-state index in [-0.39, 0.29) is 16.4 Å². The molecule has 0 aliphatic rings. The minimum Gasteiger partial charge on any atom is -0.331 e. The van der Waals surface area contributed by atoms with Crippen LogP contribution in [0, 0.1) is 10.1 Å². The number of benzene rings is 3. The quantitative estimate of drug-likeness (QED) is 0.159. The molecule has 0 aliphatic heterocycles. The van der Waals surface area contributed by atoms with Crippen LogP contribution in [0.3, 0.4) is 0 Å². The predicted octanol–water partition coefficient (Wildman–Crippen LogP) is 6.52. The number of aromatic nitrogens is 1. The molecule has 160 valence electrons. The predicted molar refractivity (Wildman–Crippen MR) is 137 cm³/mol. The molecule has 11 heteroatoms. The molecule has 3 aromatic carbocycles. The van der Waals surface area contributed by atoms with Gasteiger partial charge in [-0.3, -0.25) is 20.2 Å². The normalized spacial score (nSPS) is 10.7. The highest BCUT2D eigenvalue weighted by Gasteiger charge is 2.21. The summed E-state index contributed by atoms with van der Waals surface area (Å²) in [7, 11) is 0. The van der Waals surface area contributed by atoms with Crippen molar-refractivity contribution in [3.8, 4) is 10.6 Å². The number of rotatable bonds is 4. The Labute approximate surface area is 208 Å². The second-order valence-electron chi connectivity index (χ2n) is 6.48. The lowest BCUT2D eigenvalue weighted by atomic mass is 10.1.